The van der Waals surface area contributed by atoms with Gasteiger partial charge in [-0.2, -0.15) is 0 Å². The van der Waals surface area contributed by atoms with E-state index >= 15 is 0 Å². The van der Waals surface area contributed by atoms with Crippen LogP contribution < -0.4 is 5.32 Å². The van der Waals surface area contributed by atoms with E-state index < -0.39 is 0 Å². The molecule has 0 aliphatic carbocycles. The van der Waals surface area contributed by atoms with E-state index in [1.807, 2.05) is 12.1 Å². The van der Waals surface area contributed by atoms with Crippen LogP contribution in [0.2, 0.25) is 0 Å². The van der Waals surface area contributed by atoms with Gasteiger partial charge in [0.2, 0.25) is 0 Å². The predicted molar refractivity (Wildman–Crippen MR) is 86.2 cm³/mol. The maximum atomic E-state index is 13.4. The first-order valence-electron chi connectivity index (χ1n) is 6.02. The Kier molecular flexibility index (Phi) is 5.57. The van der Waals surface area contributed by atoms with Crippen molar-refractivity contribution in [2.75, 3.05) is 6.54 Å². The highest BCUT2D eigenvalue weighted by molar-refractivity contribution is 9.11. The first-order valence-corrected chi connectivity index (χ1v) is 8.42. The molecule has 102 valence electrons. The monoisotopic (exact) mass is 405 g/mol. The van der Waals surface area contributed by atoms with Crippen LogP contribution in [0.3, 0.4) is 0 Å². The van der Waals surface area contributed by atoms with Crippen molar-refractivity contribution in [3.63, 3.8) is 0 Å². The van der Waals surface area contributed by atoms with Crippen LogP contribution in [0.5, 0.6) is 0 Å². The lowest BCUT2D eigenvalue weighted by Gasteiger charge is -2.16. The van der Waals surface area contributed by atoms with E-state index in [-0.39, 0.29) is 11.9 Å². The quantitative estimate of drug-likeness (QED) is 0.709. The minimum absolute atomic E-state index is 0.202. The SMILES string of the molecule is CCNC(Cc1cc(F)cc(Br)c1)c1ccc(Br)s1. The third-order valence-corrected chi connectivity index (χ3v) is 4.95. The summed E-state index contributed by atoms with van der Waals surface area (Å²) < 4.78 is 15.3. The second-order valence-corrected chi connectivity index (χ2v) is 7.64. The number of halogens is 3. The molecule has 0 amide bonds. The third-order valence-electron chi connectivity index (χ3n) is 2.75. The summed E-state index contributed by atoms with van der Waals surface area (Å²) in [4.78, 5) is 1.26. The summed E-state index contributed by atoms with van der Waals surface area (Å²) in [6.07, 6.45) is 0.775. The molecule has 1 aromatic heterocycles. The average molecular weight is 407 g/mol. The molecule has 0 saturated carbocycles. The van der Waals surface area contributed by atoms with Crippen molar-refractivity contribution < 1.29 is 4.39 Å². The zero-order chi connectivity index (χ0) is 13.8. The molecule has 0 radical (unpaired) electrons. The fraction of sp³-hybridized carbons (Fsp3) is 0.286. The number of thiophene rings is 1. The summed E-state index contributed by atoms with van der Waals surface area (Å²) in [5.74, 6) is -0.202. The average Bonchev–Trinajstić information content (AvgIpc) is 2.74. The first kappa shape index (κ1) is 15.2. The molecule has 0 aliphatic heterocycles. The van der Waals surface area contributed by atoms with E-state index in [2.05, 4.69) is 50.2 Å². The third kappa shape index (κ3) is 4.38. The lowest BCUT2D eigenvalue weighted by Crippen LogP contribution is -2.22. The van der Waals surface area contributed by atoms with Crippen molar-refractivity contribution in [3.8, 4) is 0 Å². The Morgan fingerprint density at radius 3 is 2.63 bits per heavy atom. The molecule has 2 aromatic rings. The van der Waals surface area contributed by atoms with Gasteiger partial charge >= 0.3 is 0 Å². The van der Waals surface area contributed by atoms with E-state index in [1.165, 1.54) is 10.9 Å². The maximum Gasteiger partial charge on any atom is 0.124 e. The van der Waals surface area contributed by atoms with Crippen molar-refractivity contribution in [2.24, 2.45) is 0 Å². The Morgan fingerprint density at radius 1 is 1.26 bits per heavy atom. The van der Waals surface area contributed by atoms with Crippen molar-refractivity contribution >= 4 is 43.2 Å². The van der Waals surface area contributed by atoms with Gasteiger partial charge in [0.1, 0.15) is 5.82 Å². The summed E-state index contributed by atoms with van der Waals surface area (Å²) in [6.45, 7) is 2.97. The van der Waals surface area contributed by atoms with Crippen LogP contribution in [0.25, 0.3) is 0 Å². The van der Waals surface area contributed by atoms with Gasteiger partial charge in [-0.3, -0.25) is 0 Å². The molecular formula is C14H14Br2FNS. The van der Waals surface area contributed by atoms with Crippen molar-refractivity contribution in [2.45, 2.75) is 19.4 Å². The summed E-state index contributed by atoms with van der Waals surface area (Å²) in [5.41, 5.74) is 0.988. The molecule has 1 unspecified atom stereocenters. The highest BCUT2D eigenvalue weighted by Crippen LogP contribution is 2.30. The van der Waals surface area contributed by atoms with Gasteiger partial charge in [-0.05, 0) is 64.8 Å². The molecule has 0 aliphatic rings. The zero-order valence-corrected chi connectivity index (χ0v) is 14.4. The second-order valence-electron chi connectivity index (χ2n) is 4.23. The number of hydrogen-bond donors (Lipinski definition) is 1. The lowest BCUT2D eigenvalue weighted by atomic mass is 10.0. The summed E-state index contributed by atoms with van der Waals surface area (Å²) >= 11 is 8.53. The summed E-state index contributed by atoms with van der Waals surface area (Å²) in [6, 6.07) is 9.42. The number of hydrogen-bond acceptors (Lipinski definition) is 2. The van der Waals surface area contributed by atoms with Crippen molar-refractivity contribution in [1.82, 2.24) is 5.32 Å². The van der Waals surface area contributed by atoms with Crippen LogP contribution in [-0.2, 0) is 6.42 Å². The smallest absolute Gasteiger partial charge is 0.124 e. The molecule has 0 bridgehead atoms. The fourth-order valence-electron chi connectivity index (χ4n) is 2.00. The molecule has 5 heteroatoms. The Morgan fingerprint density at radius 2 is 2.05 bits per heavy atom. The van der Waals surface area contributed by atoms with Gasteiger partial charge in [-0.25, -0.2) is 4.39 Å². The molecule has 0 saturated heterocycles. The topological polar surface area (TPSA) is 12.0 Å². The summed E-state index contributed by atoms with van der Waals surface area (Å²) in [5, 5.41) is 3.45. The normalized spacial score (nSPS) is 12.6. The largest absolute Gasteiger partial charge is 0.309 e. The van der Waals surface area contributed by atoms with E-state index in [4.69, 9.17) is 0 Å². The predicted octanol–water partition coefficient (Wildman–Crippen LogP) is 5.31. The van der Waals surface area contributed by atoms with Gasteiger partial charge in [0.05, 0.1) is 3.79 Å². The summed E-state index contributed by atoms with van der Waals surface area (Å²) in [7, 11) is 0. The highest BCUT2D eigenvalue weighted by atomic mass is 79.9. The molecule has 19 heavy (non-hydrogen) atoms. The van der Waals surface area contributed by atoms with Gasteiger partial charge < -0.3 is 5.32 Å². The molecule has 2 rings (SSSR count). The van der Waals surface area contributed by atoms with E-state index in [0.717, 1.165) is 26.8 Å². The van der Waals surface area contributed by atoms with Gasteiger partial charge in [-0.1, -0.05) is 22.9 Å². The Hall–Kier alpha value is -0.230. The van der Waals surface area contributed by atoms with Gasteiger partial charge in [0.15, 0.2) is 0 Å². The number of nitrogens with one attached hydrogen (secondary N) is 1. The maximum absolute atomic E-state index is 13.4. The molecule has 0 spiro atoms. The van der Waals surface area contributed by atoms with Crippen LogP contribution in [0.4, 0.5) is 4.39 Å². The first-order chi connectivity index (χ1) is 9.08. The molecule has 1 atom stereocenters. The standard InChI is InChI=1S/C14H14Br2FNS/c1-2-18-12(13-3-4-14(16)19-13)7-9-5-10(15)8-11(17)6-9/h3-6,8,12,18H,2,7H2,1H3. The molecule has 1 nitrogen and oxygen atoms in total. The van der Waals surface area contributed by atoms with Gasteiger partial charge in [0, 0.05) is 15.4 Å². The van der Waals surface area contributed by atoms with Gasteiger partial charge in [-0.15, -0.1) is 11.3 Å². The minimum atomic E-state index is -0.202. The molecule has 1 N–H and O–H groups in total. The minimum Gasteiger partial charge on any atom is -0.309 e. The Balaban J connectivity index is 2.20. The lowest BCUT2D eigenvalue weighted by molar-refractivity contribution is 0.554. The molecular weight excluding hydrogens is 393 g/mol. The second kappa shape index (κ2) is 6.97. The van der Waals surface area contributed by atoms with Crippen molar-refractivity contribution in [1.29, 1.82) is 0 Å². The van der Waals surface area contributed by atoms with Crippen LogP contribution in [0.15, 0.2) is 38.6 Å². The van der Waals surface area contributed by atoms with E-state index in [1.54, 1.807) is 17.4 Å². The fourth-order valence-corrected chi connectivity index (χ4v) is 4.01. The zero-order valence-electron chi connectivity index (χ0n) is 10.4. The Labute approximate surface area is 133 Å². The van der Waals surface area contributed by atoms with E-state index in [9.17, 15) is 4.39 Å². The molecule has 0 fully saturated rings. The van der Waals surface area contributed by atoms with Crippen molar-refractivity contribution in [3.05, 3.63) is 54.8 Å². The van der Waals surface area contributed by atoms with E-state index in [0.29, 0.717) is 0 Å². The van der Waals surface area contributed by atoms with Crippen LogP contribution in [0, 0.1) is 5.82 Å². The van der Waals surface area contributed by atoms with Crippen LogP contribution >= 0.6 is 43.2 Å². The van der Waals surface area contributed by atoms with Crippen LogP contribution in [-0.4, -0.2) is 6.54 Å². The number of rotatable bonds is 5. The Bertz CT molecular complexity index is 536. The molecule has 1 heterocycles. The van der Waals surface area contributed by atoms with Gasteiger partial charge in [0.25, 0.3) is 0 Å². The van der Waals surface area contributed by atoms with Crippen LogP contribution in [0.1, 0.15) is 23.4 Å². The highest BCUT2D eigenvalue weighted by Gasteiger charge is 2.14. The number of benzene rings is 1. The number of likely N-dealkylation sites (N-methyl/N-ethyl adjacent to an activating group) is 1. The molecule has 1 aromatic carbocycles.